The van der Waals surface area contributed by atoms with Gasteiger partial charge in [0.2, 0.25) is 0 Å². The topological polar surface area (TPSA) is 219 Å². The predicted octanol–water partition coefficient (Wildman–Crippen LogP) is -2.87. The number of carboxylic acid groups (broad SMARTS) is 1. The monoisotopic (exact) mass is 339 g/mol. The molecule has 22 heavy (non-hydrogen) atoms. The van der Waals surface area contributed by atoms with Gasteiger partial charge in [-0.05, 0) is 0 Å². The van der Waals surface area contributed by atoms with Crippen molar-refractivity contribution in [1.29, 1.82) is 0 Å². The van der Waals surface area contributed by atoms with Gasteiger partial charge in [-0.2, -0.15) is 0 Å². The Bertz CT molecular complexity index is 642. The highest BCUT2D eigenvalue weighted by atomic mass is 31.2. The minimum atomic E-state index is -5.33. The van der Waals surface area contributed by atoms with E-state index in [4.69, 9.17) is 20.7 Å². The lowest BCUT2D eigenvalue weighted by Gasteiger charge is -2.30. The number of aromatic nitrogens is 2. The average Bonchev–Trinajstić information content (AvgIpc) is 2.90. The summed E-state index contributed by atoms with van der Waals surface area (Å²) in [4.78, 5) is 35.6. The Balaban J connectivity index is 2.65. The van der Waals surface area contributed by atoms with Crippen LogP contribution >= 0.6 is 7.60 Å². The first-order valence-corrected chi connectivity index (χ1v) is 7.47. The minimum Gasteiger partial charge on any atom is -0.476 e. The van der Waals surface area contributed by atoms with Crippen molar-refractivity contribution >= 4 is 19.4 Å². The van der Waals surface area contributed by atoms with Gasteiger partial charge >= 0.3 is 13.6 Å². The third-order valence-corrected chi connectivity index (χ3v) is 4.78. The molecule has 2 rings (SSSR count). The second-order valence-electron chi connectivity index (χ2n) is 4.67. The van der Waals surface area contributed by atoms with E-state index in [0.29, 0.717) is 0 Å². The molecule has 9 N–H and O–H groups in total. The molecule has 12 nitrogen and oxygen atoms in total. The van der Waals surface area contributed by atoms with E-state index in [1.807, 2.05) is 0 Å². The van der Waals surface area contributed by atoms with E-state index in [2.05, 4.69) is 9.97 Å². The normalized spacial score (nSPS) is 32.3. The molecule has 1 aliphatic rings. The summed E-state index contributed by atoms with van der Waals surface area (Å²) in [6.45, 7) is -0.845. The van der Waals surface area contributed by atoms with Crippen molar-refractivity contribution in [1.82, 2.24) is 9.97 Å². The number of aromatic amines is 1. The zero-order chi connectivity index (χ0) is 16.9. The number of hydrogen-bond acceptors (Lipinski definition) is 8. The first-order chi connectivity index (χ1) is 10.1. The molecule has 1 aromatic rings. The number of aromatic carboxylic acids is 1. The molecule has 1 saturated heterocycles. The van der Waals surface area contributed by atoms with Crippen molar-refractivity contribution in [2.75, 3.05) is 12.3 Å². The zero-order valence-electron chi connectivity index (χ0n) is 10.8. The molecule has 1 fully saturated rings. The summed E-state index contributed by atoms with van der Waals surface area (Å²) in [7, 11) is -5.33. The predicted molar refractivity (Wildman–Crippen MR) is 67.7 cm³/mol. The lowest BCUT2D eigenvalue weighted by Crippen LogP contribution is -2.41. The van der Waals surface area contributed by atoms with E-state index in [1.54, 1.807) is 0 Å². The Morgan fingerprint density at radius 2 is 2.05 bits per heavy atom. The third kappa shape index (κ3) is 2.21. The third-order valence-electron chi connectivity index (χ3n) is 3.33. The summed E-state index contributed by atoms with van der Waals surface area (Å²) in [6, 6.07) is 0. The number of nitrogens with two attached hydrogens (primary N) is 1. The number of H-pyrrole nitrogens is 1. The molecule has 0 spiro atoms. The van der Waals surface area contributed by atoms with Crippen molar-refractivity contribution in [2.45, 2.75) is 23.7 Å². The summed E-state index contributed by atoms with van der Waals surface area (Å²) in [5.74, 6) is -2.91. The molecule has 4 atom stereocenters. The molecule has 1 aliphatic heterocycles. The van der Waals surface area contributed by atoms with Crippen molar-refractivity contribution in [3.05, 3.63) is 11.5 Å². The number of ether oxygens (including phenoxy) is 1. The van der Waals surface area contributed by atoms with Gasteiger partial charge in [-0.25, -0.2) is 9.78 Å². The average molecular weight is 339 g/mol. The van der Waals surface area contributed by atoms with Crippen LogP contribution in [0.25, 0.3) is 0 Å². The summed E-state index contributed by atoms with van der Waals surface area (Å²) in [5.41, 5.74) is 4.67. The van der Waals surface area contributed by atoms with Crippen LogP contribution in [0.4, 0.5) is 5.82 Å². The summed E-state index contributed by atoms with van der Waals surface area (Å²) in [5, 5.41) is 34.8. The largest absolute Gasteiger partial charge is 0.476 e. The highest BCUT2D eigenvalue weighted by Crippen LogP contribution is 2.62. The minimum absolute atomic E-state index is 0.590. The SMILES string of the molecule is Nc1nc(C2(P(=O)(O)O)O[C@H](CO)[C@@H](O)[C@H]2O)[nH]c1C(=O)O. The molecule has 0 saturated carbocycles. The van der Waals surface area contributed by atoms with E-state index in [-0.39, 0.29) is 0 Å². The van der Waals surface area contributed by atoms with E-state index in [1.165, 1.54) is 0 Å². The van der Waals surface area contributed by atoms with Gasteiger partial charge in [-0.1, -0.05) is 0 Å². The van der Waals surface area contributed by atoms with Gasteiger partial charge < -0.3 is 45.7 Å². The fourth-order valence-corrected chi connectivity index (χ4v) is 3.40. The maximum absolute atomic E-state index is 11.8. The second-order valence-corrected chi connectivity index (χ2v) is 6.42. The van der Waals surface area contributed by atoms with E-state index in [0.717, 1.165) is 0 Å². The van der Waals surface area contributed by atoms with Gasteiger partial charge in [-0.15, -0.1) is 0 Å². The van der Waals surface area contributed by atoms with E-state index >= 15 is 0 Å². The molecule has 13 heteroatoms. The quantitative estimate of drug-likeness (QED) is 0.260. The summed E-state index contributed by atoms with van der Waals surface area (Å²) in [6.07, 6.45) is -5.53. The molecule has 0 aliphatic carbocycles. The smallest absolute Gasteiger partial charge is 0.367 e. The highest BCUT2D eigenvalue weighted by Gasteiger charge is 2.67. The number of nitrogen functional groups attached to an aromatic ring is 1. The number of nitrogens with zero attached hydrogens (tertiary/aromatic N) is 1. The van der Waals surface area contributed by atoms with Crippen molar-refractivity contribution in [3.63, 3.8) is 0 Å². The fourth-order valence-electron chi connectivity index (χ4n) is 2.24. The molecule has 0 aromatic carbocycles. The molecule has 124 valence electrons. The molecular formula is C9H14N3O9P. The molecule has 0 amide bonds. The molecule has 1 unspecified atom stereocenters. The zero-order valence-corrected chi connectivity index (χ0v) is 11.7. The van der Waals surface area contributed by atoms with Crippen LogP contribution < -0.4 is 5.73 Å². The first kappa shape index (κ1) is 16.8. The Morgan fingerprint density at radius 1 is 1.45 bits per heavy atom. The van der Waals surface area contributed by atoms with Crippen LogP contribution in [0.2, 0.25) is 0 Å². The number of carbonyl (C=O) groups is 1. The van der Waals surface area contributed by atoms with Crippen LogP contribution in [0.5, 0.6) is 0 Å². The lowest BCUT2D eigenvalue weighted by molar-refractivity contribution is -0.0618. The van der Waals surface area contributed by atoms with E-state index < -0.39 is 61.2 Å². The van der Waals surface area contributed by atoms with Gasteiger partial charge in [0.05, 0.1) is 6.61 Å². The van der Waals surface area contributed by atoms with Gasteiger partial charge in [0.15, 0.2) is 17.3 Å². The van der Waals surface area contributed by atoms with Gasteiger partial charge in [0.25, 0.3) is 5.34 Å². The number of aliphatic hydroxyl groups is 3. The van der Waals surface area contributed by atoms with Gasteiger partial charge in [0.1, 0.15) is 18.3 Å². The van der Waals surface area contributed by atoms with E-state index in [9.17, 15) is 29.4 Å². The van der Waals surface area contributed by atoms with Crippen molar-refractivity contribution < 1.29 is 44.3 Å². The van der Waals surface area contributed by atoms with Crippen LogP contribution in [-0.2, 0) is 14.6 Å². The molecule has 2 heterocycles. The second kappa shape index (κ2) is 5.28. The summed E-state index contributed by atoms with van der Waals surface area (Å²) < 4.78 is 16.8. The van der Waals surface area contributed by atoms with Crippen LogP contribution in [-0.4, -0.2) is 71.1 Å². The Kier molecular flexibility index (Phi) is 4.04. The number of hydrogen-bond donors (Lipinski definition) is 8. The fraction of sp³-hybridized carbons (Fsp3) is 0.556. The summed E-state index contributed by atoms with van der Waals surface area (Å²) >= 11 is 0. The van der Waals surface area contributed by atoms with Crippen LogP contribution in [0.1, 0.15) is 16.3 Å². The number of aliphatic hydroxyl groups excluding tert-OH is 3. The van der Waals surface area contributed by atoms with Crippen LogP contribution in [0.3, 0.4) is 0 Å². The maximum Gasteiger partial charge on any atom is 0.367 e. The number of rotatable bonds is 4. The number of anilines is 1. The molecular weight excluding hydrogens is 325 g/mol. The van der Waals surface area contributed by atoms with Crippen molar-refractivity contribution in [3.8, 4) is 0 Å². The number of carboxylic acids is 1. The number of nitrogens with one attached hydrogen (secondary N) is 1. The van der Waals surface area contributed by atoms with Crippen LogP contribution in [0.15, 0.2) is 0 Å². The Hall–Kier alpha value is -1.53. The Morgan fingerprint density at radius 3 is 2.41 bits per heavy atom. The van der Waals surface area contributed by atoms with Gasteiger partial charge in [0, 0.05) is 0 Å². The highest BCUT2D eigenvalue weighted by molar-refractivity contribution is 7.53. The van der Waals surface area contributed by atoms with Crippen molar-refractivity contribution in [2.24, 2.45) is 0 Å². The molecule has 1 aromatic heterocycles. The lowest BCUT2D eigenvalue weighted by atomic mass is 10.1. The van der Waals surface area contributed by atoms with Gasteiger partial charge in [-0.3, -0.25) is 4.57 Å². The molecule has 0 bridgehead atoms. The maximum atomic E-state index is 11.8. The van der Waals surface area contributed by atoms with Crippen LogP contribution in [0, 0.1) is 0 Å². The number of imidazole rings is 1. The standard InChI is InChI=1S/C9H14N3O9P/c10-6-3(7(16)17)11-8(12-6)9(22(18,19)20)5(15)4(14)2(1-13)21-9/h2,4-5,13-15H,1,10H2,(H,11,12)(H,16,17)(H2,18,19,20)/t2-,4-,5-,9?/m1/s1. The molecule has 0 radical (unpaired) electrons. The Labute approximate surface area is 122 Å². The first-order valence-electron chi connectivity index (χ1n) is 5.86.